The second kappa shape index (κ2) is 5.36. The molecule has 0 aliphatic rings. The third-order valence-electron chi connectivity index (χ3n) is 3.61. The number of pyridine rings is 1. The minimum Gasteiger partial charge on any atom is -0.382 e. The Morgan fingerprint density at radius 1 is 1.22 bits per heavy atom. The van der Waals surface area contributed by atoms with Crippen molar-refractivity contribution in [1.29, 1.82) is 5.26 Å². The van der Waals surface area contributed by atoms with E-state index in [0.29, 0.717) is 16.8 Å². The van der Waals surface area contributed by atoms with Crippen LogP contribution >= 0.6 is 15.9 Å². The van der Waals surface area contributed by atoms with Crippen LogP contribution in [0.4, 0.5) is 5.82 Å². The van der Waals surface area contributed by atoms with Crippen molar-refractivity contribution in [1.82, 2.24) is 10.1 Å². The van der Waals surface area contributed by atoms with Crippen LogP contribution in [0.5, 0.6) is 0 Å². The van der Waals surface area contributed by atoms with Gasteiger partial charge in [-0.15, -0.1) is 0 Å². The summed E-state index contributed by atoms with van der Waals surface area (Å²) >= 11 is 3.42. The van der Waals surface area contributed by atoms with Crippen molar-refractivity contribution in [2.45, 2.75) is 26.2 Å². The van der Waals surface area contributed by atoms with Crippen LogP contribution in [0, 0.1) is 11.3 Å². The maximum atomic E-state index is 9.58. The Morgan fingerprint density at radius 2 is 1.87 bits per heavy atom. The Labute approximate surface area is 142 Å². The highest BCUT2D eigenvalue weighted by molar-refractivity contribution is 9.10. The maximum absolute atomic E-state index is 9.58. The van der Waals surface area contributed by atoms with Gasteiger partial charge < -0.3 is 10.3 Å². The van der Waals surface area contributed by atoms with E-state index in [-0.39, 0.29) is 11.2 Å². The molecule has 6 heteroatoms. The summed E-state index contributed by atoms with van der Waals surface area (Å²) in [5.41, 5.74) is 8.74. The molecule has 0 bridgehead atoms. The molecule has 0 aliphatic carbocycles. The Hall–Kier alpha value is -2.39. The standard InChI is InChI=1S/C17H15BrN4O/c1-17(2,3)14-13-12(9-4-6-10(18)7-5-9)11(8-19)15(20)21-16(13)23-22-14/h4-7H,1-3H3,(H2,20,21). The molecule has 2 heterocycles. The third kappa shape index (κ3) is 2.57. The molecule has 0 radical (unpaired) electrons. The van der Waals surface area contributed by atoms with E-state index in [1.807, 2.05) is 45.0 Å². The van der Waals surface area contributed by atoms with Crippen molar-refractivity contribution in [3.63, 3.8) is 0 Å². The van der Waals surface area contributed by atoms with Crippen LogP contribution in [0.3, 0.4) is 0 Å². The predicted molar refractivity (Wildman–Crippen MR) is 92.8 cm³/mol. The van der Waals surface area contributed by atoms with Gasteiger partial charge >= 0.3 is 0 Å². The second-order valence-corrected chi connectivity index (χ2v) is 7.24. The maximum Gasteiger partial charge on any atom is 0.260 e. The molecule has 116 valence electrons. The number of hydrogen-bond donors (Lipinski definition) is 1. The van der Waals surface area contributed by atoms with E-state index >= 15 is 0 Å². The van der Waals surface area contributed by atoms with E-state index in [2.05, 4.69) is 32.1 Å². The number of nitrogens with zero attached hydrogens (tertiary/aromatic N) is 3. The number of nitriles is 1. The number of nitrogen functional groups attached to an aromatic ring is 1. The van der Waals surface area contributed by atoms with Crippen molar-refractivity contribution in [3.8, 4) is 17.2 Å². The topological polar surface area (TPSA) is 88.7 Å². The van der Waals surface area contributed by atoms with Gasteiger partial charge in [-0.2, -0.15) is 10.2 Å². The minimum absolute atomic E-state index is 0.148. The molecule has 1 aromatic carbocycles. The number of benzene rings is 1. The highest BCUT2D eigenvalue weighted by Crippen LogP contribution is 2.39. The average Bonchev–Trinajstić information content (AvgIpc) is 2.90. The van der Waals surface area contributed by atoms with E-state index in [4.69, 9.17) is 10.3 Å². The lowest BCUT2D eigenvalue weighted by atomic mass is 9.87. The van der Waals surface area contributed by atoms with Crippen molar-refractivity contribution in [2.24, 2.45) is 0 Å². The van der Waals surface area contributed by atoms with Gasteiger partial charge in [0.15, 0.2) is 0 Å². The molecule has 0 unspecified atom stereocenters. The van der Waals surface area contributed by atoms with Gasteiger partial charge in [-0.3, -0.25) is 0 Å². The summed E-state index contributed by atoms with van der Waals surface area (Å²) in [6, 6.07) is 9.87. The zero-order chi connectivity index (χ0) is 16.8. The van der Waals surface area contributed by atoms with E-state index < -0.39 is 0 Å². The van der Waals surface area contributed by atoms with E-state index in [9.17, 15) is 5.26 Å². The smallest absolute Gasteiger partial charge is 0.260 e. The lowest BCUT2D eigenvalue weighted by molar-refractivity contribution is 0.414. The van der Waals surface area contributed by atoms with Gasteiger partial charge in [0.1, 0.15) is 17.5 Å². The number of nitrogens with two attached hydrogens (primary N) is 1. The summed E-state index contributed by atoms with van der Waals surface area (Å²) < 4.78 is 6.34. The first-order chi connectivity index (χ1) is 10.8. The fourth-order valence-corrected chi connectivity index (χ4v) is 2.80. The van der Waals surface area contributed by atoms with Gasteiger partial charge in [-0.25, -0.2) is 0 Å². The molecule has 0 saturated heterocycles. The fraction of sp³-hybridized carbons (Fsp3) is 0.235. The first kappa shape index (κ1) is 15.5. The van der Waals surface area contributed by atoms with Crippen molar-refractivity contribution < 1.29 is 4.52 Å². The molecule has 23 heavy (non-hydrogen) atoms. The van der Waals surface area contributed by atoms with Crippen LogP contribution in [0.1, 0.15) is 32.0 Å². The molecule has 3 aromatic rings. The highest BCUT2D eigenvalue weighted by Gasteiger charge is 2.28. The molecular formula is C17H15BrN4O. The quantitative estimate of drug-likeness (QED) is 0.685. The molecule has 2 aromatic heterocycles. The zero-order valence-electron chi connectivity index (χ0n) is 13.0. The van der Waals surface area contributed by atoms with Crippen molar-refractivity contribution in [2.75, 3.05) is 5.73 Å². The number of rotatable bonds is 1. The van der Waals surface area contributed by atoms with Gasteiger partial charge in [0, 0.05) is 15.5 Å². The molecule has 3 rings (SSSR count). The number of anilines is 1. The van der Waals surface area contributed by atoms with Gasteiger partial charge in [-0.05, 0) is 17.7 Å². The van der Waals surface area contributed by atoms with Gasteiger partial charge in [0.05, 0.1) is 11.1 Å². The lowest BCUT2D eigenvalue weighted by Crippen LogP contribution is -2.12. The largest absolute Gasteiger partial charge is 0.382 e. The number of halogens is 1. The number of hydrogen-bond acceptors (Lipinski definition) is 5. The predicted octanol–water partition coefficient (Wildman–Crippen LogP) is 4.40. The Kier molecular flexibility index (Phi) is 3.61. The zero-order valence-corrected chi connectivity index (χ0v) is 14.6. The van der Waals surface area contributed by atoms with E-state index in [1.54, 1.807) is 0 Å². The van der Waals surface area contributed by atoms with Crippen LogP contribution in [-0.2, 0) is 5.41 Å². The Morgan fingerprint density at radius 3 is 2.43 bits per heavy atom. The summed E-state index contributed by atoms with van der Waals surface area (Å²) in [6.45, 7) is 6.12. The average molecular weight is 371 g/mol. The molecular weight excluding hydrogens is 356 g/mol. The summed E-state index contributed by atoms with van der Waals surface area (Å²) in [7, 11) is 0. The summed E-state index contributed by atoms with van der Waals surface area (Å²) in [5, 5.41) is 14.5. The molecule has 0 spiro atoms. The SMILES string of the molecule is CC(C)(C)c1noc2nc(N)c(C#N)c(-c3ccc(Br)cc3)c12. The molecule has 0 saturated carbocycles. The van der Waals surface area contributed by atoms with Gasteiger partial charge in [0.2, 0.25) is 0 Å². The number of fused-ring (bicyclic) bond motifs is 1. The van der Waals surface area contributed by atoms with Crippen molar-refractivity contribution in [3.05, 3.63) is 40.0 Å². The van der Waals surface area contributed by atoms with Crippen LogP contribution in [0.15, 0.2) is 33.3 Å². The van der Waals surface area contributed by atoms with E-state index in [1.165, 1.54) is 0 Å². The molecule has 2 N–H and O–H groups in total. The van der Waals surface area contributed by atoms with Gasteiger partial charge in [0.25, 0.3) is 5.71 Å². The molecule has 0 amide bonds. The Balaban J connectivity index is 2.48. The van der Waals surface area contributed by atoms with Crippen LogP contribution < -0.4 is 5.73 Å². The summed E-state index contributed by atoms with van der Waals surface area (Å²) in [4.78, 5) is 4.20. The van der Waals surface area contributed by atoms with Crippen LogP contribution in [-0.4, -0.2) is 10.1 Å². The monoisotopic (exact) mass is 370 g/mol. The lowest BCUT2D eigenvalue weighted by Gasteiger charge is -2.16. The minimum atomic E-state index is -0.250. The summed E-state index contributed by atoms with van der Waals surface area (Å²) in [5.74, 6) is 0.148. The second-order valence-electron chi connectivity index (χ2n) is 6.33. The molecule has 0 fully saturated rings. The van der Waals surface area contributed by atoms with Gasteiger partial charge in [-0.1, -0.05) is 54.0 Å². The van der Waals surface area contributed by atoms with E-state index in [0.717, 1.165) is 21.1 Å². The molecule has 0 aliphatic heterocycles. The Bertz CT molecular complexity index is 930. The fourth-order valence-electron chi connectivity index (χ4n) is 2.53. The first-order valence-corrected chi connectivity index (χ1v) is 7.87. The van der Waals surface area contributed by atoms with Crippen LogP contribution in [0.25, 0.3) is 22.2 Å². The number of aromatic nitrogens is 2. The molecule has 5 nitrogen and oxygen atoms in total. The normalized spacial score (nSPS) is 11.6. The summed E-state index contributed by atoms with van der Waals surface area (Å²) in [6.07, 6.45) is 0. The first-order valence-electron chi connectivity index (χ1n) is 7.08. The third-order valence-corrected chi connectivity index (χ3v) is 4.14. The molecule has 0 atom stereocenters. The highest BCUT2D eigenvalue weighted by atomic mass is 79.9. The van der Waals surface area contributed by atoms with Crippen LogP contribution in [0.2, 0.25) is 0 Å². The van der Waals surface area contributed by atoms with Crippen molar-refractivity contribution >= 4 is 32.8 Å².